The topological polar surface area (TPSA) is 65.0 Å². The van der Waals surface area contributed by atoms with E-state index in [1.165, 1.54) is 0 Å². The van der Waals surface area contributed by atoms with Crippen LogP contribution in [0.4, 0.5) is 0 Å². The third-order valence-corrected chi connectivity index (χ3v) is 2.98. The molecular weight excluding hydrogens is 272 g/mol. The minimum absolute atomic E-state index is 0.0396. The Morgan fingerprint density at radius 3 is 2.57 bits per heavy atom. The molecule has 0 saturated heterocycles. The summed E-state index contributed by atoms with van der Waals surface area (Å²) in [5.74, 6) is 0.388. The zero-order valence-corrected chi connectivity index (χ0v) is 11.9. The SMILES string of the molecule is COc1ccc2cc(C(=O)OCCOCCO)ccc2c1. The number of hydrogen-bond acceptors (Lipinski definition) is 5. The van der Waals surface area contributed by atoms with E-state index in [4.69, 9.17) is 19.3 Å². The number of esters is 1. The van der Waals surface area contributed by atoms with Crippen molar-refractivity contribution in [2.45, 2.75) is 0 Å². The molecule has 0 aliphatic carbocycles. The molecule has 112 valence electrons. The standard InChI is InChI=1S/C16H18O5/c1-19-15-5-4-12-10-14(3-2-13(12)11-15)16(18)21-9-8-20-7-6-17/h2-5,10-11,17H,6-9H2,1H3. The fraction of sp³-hybridized carbons (Fsp3) is 0.312. The summed E-state index contributed by atoms with van der Waals surface area (Å²) in [6, 6.07) is 11.0. The van der Waals surface area contributed by atoms with Crippen LogP contribution in [0.15, 0.2) is 36.4 Å². The molecule has 0 unspecified atom stereocenters. The summed E-state index contributed by atoms with van der Waals surface area (Å²) in [4.78, 5) is 11.9. The van der Waals surface area contributed by atoms with Gasteiger partial charge in [0.1, 0.15) is 12.4 Å². The van der Waals surface area contributed by atoms with Crippen LogP contribution in [0.2, 0.25) is 0 Å². The smallest absolute Gasteiger partial charge is 0.338 e. The van der Waals surface area contributed by atoms with E-state index in [1.54, 1.807) is 19.2 Å². The van der Waals surface area contributed by atoms with E-state index in [2.05, 4.69) is 0 Å². The lowest BCUT2D eigenvalue weighted by molar-refractivity contribution is 0.0258. The van der Waals surface area contributed by atoms with Gasteiger partial charge in [0.15, 0.2) is 0 Å². The Balaban J connectivity index is 1.99. The summed E-state index contributed by atoms with van der Waals surface area (Å²) in [6.07, 6.45) is 0. The second-order valence-corrected chi connectivity index (χ2v) is 4.40. The molecule has 2 aromatic rings. The molecule has 0 saturated carbocycles. The summed E-state index contributed by atoms with van der Waals surface area (Å²) < 4.78 is 15.3. The van der Waals surface area contributed by atoms with Crippen molar-refractivity contribution in [3.63, 3.8) is 0 Å². The van der Waals surface area contributed by atoms with E-state index in [0.29, 0.717) is 5.56 Å². The fourth-order valence-corrected chi connectivity index (χ4v) is 1.92. The maximum absolute atomic E-state index is 11.9. The van der Waals surface area contributed by atoms with Crippen LogP contribution in [0.3, 0.4) is 0 Å². The van der Waals surface area contributed by atoms with Gasteiger partial charge in [0.25, 0.3) is 0 Å². The highest BCUT2D eigenvalue weighted by atomic mass is 16.6. The molecule has 5 heteroatoms. The second-order valence-electron chi connectivity index (χ2n) is 4.40. The van der Waals surface area contributed by atoms with Gasteiger partial charge in [-0.3, -0.25) is 0 Å². The van der Waals surface area contributed by atoms with Crippen molar-refractivity contribution in [2.75, 3.05) is 33.5 Å². The van der Waals surface area contributed by atoms with Crippen LogP contribution < -0.4 is 4.74 Å². The van der Waals surface area contributed by atoms with Gasteiger partial charge >= 0.3 is 5.97 Å². The second kappa shape index (κ2) is 7.61. The first kappa shape index (κ1) is 15.3. The normalized spacial score (nSPS) is 10.6. The molecule has 1 N–H and O–H groups in total. The first-order valence-corrected chi connectivity index (χ1v) is 6.68. The van der Waals surface area contributed by atoms with Crippen molar-refractivity contribution in [3.05, 3.63) is 42.0 Å². The number of aliphatic hydroxyl groups is 1. The maximum atomic E-state index is 11.9. The molecule has 0 radical (unpaired) electrons. The van der Waals surface area contributed by atoms with Crippen molar-refractivity contribution in [1.82, 2.24) is 0 Å². The minimum atomic E-state index is -0.389. The summed E-state index contributed by atoms with van der Waals surface area (Å²) in [6.45, 7) is 0.647. The number of benzene rings is 2. The fourth-order valence-electron chi connectivity index (χ4n) is 1.92. The molecule has 0 aromatic heterocycles. The van der Waals surface area contributed by atoms with Gasteiger partial charge in [0, 0.05) is 0 Å². The Hall–Kier alpha value is -2.11. The predicted molar refractivity (Wildman–Crippen MR) is 78.7 cm³/mol. The van der Waals surface area contributed by atoms with Crippen molar-refractivity contribution in [3.8, 4) is 5.75 Å². The summed E-state index contributed by atoms with van der Waals surface area (Å²) >= 11 is 0. The molecule has 0 heterocycles. The number of hydrogen-bond donors (Lipinski definition) is 1. The zero-order chi connectivity index (χ0) is 15.1. The van der Waals surface area contributed by atoms with Gasteiger partial charge in [-0.25, -0.2) is 4.79 Å². The first-order valence-electron chi connectivity index (χ1n) is 6.68. The molecule has 0 fully saturated rings. The molecular formula is C16H18O5. The molecule has 0 atom stereocenters. The minimum Gasteiger partial charge on any atom is -0.497 e. The molecule has 0 bridgehead atoms. The summed E-state index contributed by atoms with van der Waals surface area (Å²) in [7, 11) is 1.62. The molecule has 2 rings (SSSR count). The average molecular weight is 290 g/mol. The third-order valence-electron chi connectivity index (χ3n) is 2.98. The van der Waals surface area contributed by atoms with Gasteiger partial charge < -0.3 is 19.3 Å². The highest BCUT2D eigenvalue weighted by molar-refractivity contribution is 5.95. The molecule has 21 heavy (non-hydrogen) atoms. The lowest BCUT2D eigenvalue weighted by Crippen LogP contribution is -2.12. The first-order chi connectivity index (χ1) is 10.2. The monoisotopic (exact) mass is 290 g/mol. The van der Waals surface area contributed by atoms with E-state index in [-0.39, 0.29) is 32.4 Å². The van der Waals surface area contributed by atoms with Crippen molar-refractivity contribution in [1.29, 1.82) is 0 Å². The van der Waals surface area contributed by atoms with E-state index in [1.807, 2.05) is 24.3 Å². The van der Waals surface area contributed by atoms with Crippen molar-refractivity contribution in [2.24, 2.45) is 0 Å². The van der Waals surface area contributed by atoms with Gasteiger partial charge in [-0.2, -0.15) is 0 Å². The Morgan fingerprint density at radius 1 is 1.05 bits per heavy atom. The molecule has 0 spiro atoms. The molecule has 0 aliphatic heterocycles. The van der Waals surface area contributed by atoms with E-state index in [0.717, 1.165) is 16.5 Å². The maximum Gasteiger partial charge on any atom is 0.338 e. The average Bonchev–Trinajstić information content (AvgIpc) is 2.53. The van der Waals surface area contributed by atoms with Crippen LogP contribution in [-0.4, -0.2) is 44.6 Å². The number of ether oxygens (including phenoxy) is 3. The lowest BCUT2D eigenvalue weighted by Gasteiger charge is -2.07. The third kappa shape index (κ3) is 4.18. The number of fused-ring (bicyclic) bond motifs is 1. The van der Waals surface area contributed by atoms with Crippen LogP contribution in [0, 0.1) is 0 Å². The van der Waals surface area contributed by atoms with Gasteiger partial charge in [-0.15, -0.1) is 0 Å². The van der Waals surface area contributed by atoms with Crippen LogP contribution in [-0.2, 0) is 9.47 Å². The van der Waals surface area contributed by atoms with Gasteiger partial charge in [-0.1, -0.05) is 12.1 Å². The highest BCUT2D eigenvalue weighted by Gasteiger charge is 2.08. The Labute approximate surface area is 123 Å². The Bertz CT molecular complexity index is 609. The van der Waals surface area contributed by atoms with E-state index >= 15 is 0 Å². The molecule has 0 aliphatic rings. The highest BCUT2D eigenvalue weighted by Crippen LogP contribution is 2.22. The quantitative estimate of drug-likeness (QED) is 0.624. The number of rotatable bonds is 7. The lowest BCUT2D eigenvalue weighted by atomic mass is 10.1. The zero-order valence-electron chi connectivity index (χ0n) is 11.9. The number of carbonyl (C=O) groups excluding carboxylic acids is 1. The summed E-state index contributed by atoms with van der Waals surface area (Å²) in [5, 5.41) is 10.5. The van der Waals surface area contributed by atoms with E-state index < -0.39 is 0 Å². The summed E-state index contributed by atoms with van der Waals surface area (Å²) in [5.41, 5.74) is 0.495. The number of carbonyl (C=O) groups is 1. The van der Waals surface area contributed by atoms with Crippen molar-refractivity contribution < 1.29 is 24.1 Å². The van der Waals surface area contributed by atoms with E-state index in [9.17, 15) is 4.79 Å². The van der Waals surface area contributed by atoms with Gasteiger partial charge in [-0.05, 0) is 35.0 Å². The van der Waals surface area contributed by atoms with Crippen molar-refractivity contribution >= 4 is 16.7 Å². The predicted octanol–water partition coefficient (Wildman–Crippen LogP) is 2.01. The van der Waals surface area contributed by atoms with Gasteiger partial charge in [0.05, 0.1) is 32.5 Å². The van der Waals surface area contributed by atoms with Crippen LogP contribution in [0.25, 0.3) is 10.8 Å². The largest absolute Gasteiger partial charge is 0.497 e. The van der Waals surface area contributed by atoms with Crippen LogP contribution in [0.1, 0.15) is 10.4 Å². The molecule has 0 amide bonds. The Kier molecular flexibility index (Phi) is 5.54. The molecule has 2 aromatic carbocycles. The Morgan fingerprint density at radius 2 is 1.81 bits per heavy atom. The number of aliphatic hydroxyl groups excluding tert-OH is 1. The van der Waals surface area contributed by atoms with Crippen LogP contribution in [0.5, 0.6) is 5.75 Å². The number of methoxy groups -OCH3 is 1. The molecule has 5 nitrogen and oxygen atoms in total. The van der Waals surface area contributed by atoms with Crippen LogP contribution >= 0.6 is 0 Å². The van der Waals surface area contributed by atoms with Gasteiger partial charge in [0.2, 0.25) is 0 Å².